The fourth-order valence-electron chi connectivity index (χ4n) is 0.636. The summed E-state index contributed by atoms with van der Waals surface area (Å²) in [6.07, 6.45) is 1.82. The lowest BCUT2D eigenvalue weighted by Crippen LogP contribution is -1.98. The first-order valence-electron chi connectivity index (χ1n) is 3.68. The van der Waals surface area contributed by atoms with Crippen LogP contribution in [0, 0.1) is 0 Å². The molecule has 0 saturated carbocycles. The zero-order chi connectivity index (χ0) is 8.85. The van der Waals surface area contributed by atoms with Gasteiger partial charge in [0.1, 0.15) is 5.83 Å². The second kappa shape index (κ2) is 4.88. The zero-order valence-electron chi connectivity index (χ0n) is 6.85. The van der Waals surface area contributed by atoms with Crippen molar-refractivity contribution in [2.75, 3.05) is 0 Å². The van der Waals surface area contributed by atoms with E-state index in [1.54, 1.807) is 0 Å². The lowest BCUT2D eigenvalue weighted by atomic mass is 10.1. The van der Waals surface area contributed by atoms with Crippen LogP contribution in [0.3, 0.4) is 0 Å². The molecule has 0 aromatic carbocycles. The van der Waals surface area contributed by atoms with Crippen molar-refractivity contribution >= 4 is 5.97 Å². The molecule has 0 aliphatic rings. The Bertz CT molecular complexity index is 173. The van der Waals surface area contributed by atoms with Gasteiger partial charge in [0, 0.05) is 0 Å². The number of unbranched alkanes of at least 4 members (excludes halogenated alkanes) is 1. The van der Waals surface area contributed by atoms with Gasteiger partial charge >= 0.3 is 5.97 Å². The minimum absolute atomic E-state index is 0.168. The lowest BCUT2D eigenvalue weighted by Gasteiger charge is -1.97. The number of hydrogen-bond acceptors (Lipinski definition) is 1. The molecule has 0 atom stereocenters. The average Bonchev–Trinajstić information content (AvgIpc) is 1.98. The molecular formula is C8H13FO2. The average molecular weight is 160 g/mol. The van der Waals surface area contributed by atoms with Gasteiger partial charge in [-0.05, 0) is 19.8 Å². The molecule has 0 aromatic heterocycles. The second-order valence-electron chi connectivity index (χ2n) is 2.44. The third kappa shape index (κ3) is 3.75. The quantitative estimate of drug-likeness (QED) is 0.641. The maximum atomic E-state index is 12.7. The third-order valence-electron chi connectivity index (χ3n) is 1.48. The van der Waals surface area contributed by atoms with Crippen molar-refractivity contribution in [1.82, 2.24) is 0 Å². The first-order valence-corrected chi connectivity index (χ1v) is 3.68. The van der Waals surface area contributed by atoms with Gasteiger partial charge in [0.25, 0.3) is 0 Å². The van der Waals surface area contributed by atoms with E-state index in [9.17, 15) is 9.18 Å². The van der Waals surface area contributed by atoms with Crippen molar-refractivity contribution in [3.63, 3.8) is 0 Å². The number of carboxylic acids is 1. The first-order chi connectivity index (χ1) is 5.09. The molecule has 64 valence electrons. The third-order valence-corrected chi connectivity index (χ3v) is 1.48. The van der Waals surface area contributed by atoms with Crippen LogP contribution in [0.2, 0.25) is 0 Å². The minimum Gasteiger partial charge on any atom is -0.478 e. The Kier molecular flexibility index (Phi) is 4.50. The van der Waals surface area contributed by atoms with E-state index in [-0.39, 0.29) is 12.0 Å². The minimum atomic E-state index is -1.17. The first kappa shape index (κ1) is 10.1. The van der Waals surface area contributed by atoms with Crippen LogP contribution in [0.15, 0.2) is 11.4 Å². The summed E-state index contributed by atoms with van der Waals surface area (Å²) in [5, 5.41) is 8.35. The topological polar surface area (TPSA) is 37.3 Å². The molecule has 1 N–H and O–H groups in total. The molecule has 2 nitrogen and oxygen atoms in total. The summed E-state index contributed by atoms with van der Waals surface area (Å²) < 4.78 is 12.7. The summed E-state index contributed by atoms with van der Waals surface area (Å²) >= 11 is 0. The van der Waals surface area contributed by atoms with Crippen molar-refractivity contribution in [3.8, 4) is 0 Å². The van der Waals surface area contributed by atoms with Crippen LogP contribution in [-0.2, 0) is 4.79 Å². The highest BCUT2D eigenvalue weighted by molar-refractivity contribution is 5.86. The SMILES string of the molecule is CCCC/C(F)=C(/C)C(=O)O. The molecule has 0 heterocycles. The van der Waals surface area contributed by atoms with Crippen LogP contribution >= 0.6 is 0 Å². The van der Waals surface area contributed by atoms with E-state index in [4.69, 9.17) is 5.11 Å². The van der Waals surface area contributed by atoms with E-state index in [0.717, 1.165) is 6.42 Å². The molecule has 11 heavy (non-hydrogen) atoms. The predicted molar refractivity (Wildman–Crippen MR) is 41.0 cm³/mol. The molecule has 0 aliphatic carbocycles. The van der Waals surface area contributed by atoms with Gasteiger partial charge in [0.2, 0.25) is 0 Å². The van der Waals surface area contributed by atoms with Crippen molar-refractivity contribution in [1.29, 1.82) is 0 Å². The molecule has 0 radical (unpaired) electrons. The maximum Gasteiger partial charge on any atom is 0.333 e. The summed E-state index contributed by atoms with van der Waals surface area (Å²) in [6, 6.07) is 0. The summed E-state index contributed by atoms with van der Waals surface area (Å²) in [5.74, 6) is -1.67. The van der Waals surface area contributed by atoms with Crippen molar-refractivity contribution in [2.24, 2.45) is 0 Å². The molecule has 0 spiro atoms. The molecule has 0 saturated heterocycles. The lowest BCUT2D eigenvalue weighted by molar-refractivity contribution is -0.132. The van der Waals surface area contributed by atoms with Crippen molar-refractivity contribution in [2.45, 2.75) is 33.1 Å². The summed E-state index contributed by atoms with van der Waals surface area (Å²) in [6.45, 7) is 3.22. The molecule has 0 amide bonds. The van der Waals surface area contributed by atoms with E-state index in [2.05, 4.69) is 0 Å². The number of carbonyl (C=O) groups is 1. The Balaban J connectivity index is 4.05. The second-order valence-corrected chi connectivity index (χ2v) is 2.44. The standard InChI is InChI=1S/C8H13FO2/c1-3-4-5-7(9)6(2)8(10)11/h3-5H2,1-2H3,(H,10,11)/b7-6+. The smallest absolute Gasteiger partial charge is 0.333 e. The van der Waals surface area contributed by atoms with Crippen LogP contribution in [0.4, 0.5) is 4.39 Å². The van der Waals surface area contributed by atoms with E-state index >= 15 is 0 Å². The summed E-state index contributed by atoms with van der Waals surface area (Å²) in [5.41, 5.74) is -0.168. The fraction of sp³-hybridized carbons (Fsp3) is 0.625. The Morgan fingerprint density at radius 2 is 2.09 bits per heavy atom. The van der Waals surface area contributed by atoms with E-state index in [1.165, 1.54) is 6.92 Å². The van der Waals surface area contributed by atoms with Crippen molar-refractivity contribution < 1.29 is 14.3 Å². The highest BCUT2D eigenvalue weighted by Gasteiger charge is 2.07. The molecule has 0 fully saturated rings. The van der Waals surface area contributed by atoms with Gasteiger partial charge in [-0.2, -0.15) is 0 Å². The number of carboxylic acid groups (broad SMARTS) is 1. The molecule has 0 unspecified atom stereocenters. The van der Waals surface area contributed by atoms with Crippen LogP contribution in [-0.4, -0.2) is 11.1 Å². The largest absolute Gasteiger partial charge is 0.478 e. The Morgan fingerprint density at radius 3 is 2.45 bits per heavy atom. The predicted octanol–water partition coefficient (Wildman–Crippen LogP) is 2.50. The van der Waals surface area contributed by atoms with E-state index < -0.39 is 11.8 Å². The Hall–Kier alpha value is -0.860. The Labute approximate surface area is 65.7 Å². The van der Waals surface area contributed by atoms with Gasteiger partial charge < -0.3 is 5.11 Å². The Morgan fingerprint density at radius 1 is 1.55 bits per heavy atom. The molecule has 0 aromatic rings. The van der Waals surface area contributed by atoms with Crippen LogP contribution in [0.1, 0.15) is 33.1 Å². The zero-order valence-corrected chi connectivity index (χ0v) is 6.85. The van der Waals surface area contributed by atoms with Crippen molar-refractivity contribution in [3.05, 3.63) is 11.4 Å². The van der Waals surface area contributed by atoms with Gasteiger partial charge in [-0.1, -0.05) is 13.3 Å². The van der Waals surface area contributed by atoms with Gasteiger partial charge in [0.05, 0.1) is 5.57 Å². The van der Waals surface area contributed by atoms with Gasteiger partial charge in [-0.15, -0.1) is 0 Å². The molecule has 0 aliphatic heterocycles. The monoisotopic (exact) mass is 160 g/mol. The highest BCUT2D eigenvalue weighted by atomic mass is 19.1. The number of aliphatic carboxylic acids is 1. The van der Waals surface area contributed by atoms with Gasteiger partial charge in [-0.3, -0.25) is 0 Å². The van der Waals surface area contributed by atoms with Crippen LogP contribution in [0.25, 0.3) is 0 Å². The highest BCUT2D eigenvalue weighted by Crippen LogP contribution is 2.13. The normalized spacial score (nSPS) is 12.6. The fourth-order valence-corrected chi connectivity index (χ4v) is 0.636. The summed E-state index contributed by atoms with van der Waals surface area (Å²) in [4.78, 5) is 10.2. The molecular weight excluding hydrogens is 147 g/mol. The number of allylic oxidation sites excluding steroid dienone is 1. The number of halogens is 1. The van der Waals surface area contributed by atoms with Gasteiger partial charge in [0.15, 0.2) is 0 Å². The molecule has 0 rings (SSSR count). The molecule has 0 bridgehead atoms. The number of hydrogen-bond donors (Lipinski definition) is 1. The summed E-state index contributed by atoms with van der Waals surface area (Å²) in [7, 11) is 0. The van der Waals surface area contributed by atoms with E-state index in [1.807, 2.05) is 6.92 Å². The molecule has 3 heteroatoms. The van der Waals surface area contributed by atoms with Crippen LogP contribution < -0.4 is 0 Å². The number of rotatable bonds is 4. The van der Waals surface area contributed by atoms with Gasteiger partial charge in [-0.25, -0.2) is 9.18 Å². The van der Waals surface area contributed by atoms with E-state index in [0.29, 0.717) is 6.42 Å². The van der Waals surface area contributed by atoms with Crippen LogP contribution in [0.5, 0.6) is 0 Å². The maximum absolute atomic E-state index is 12.7.